The summed E-state index contributed by atoms with van der Waals surface area (Å²) in [5.74, 6) is 0.893. The van der Waals surface area contributed by atoms with Gasteiger partial charge < -0.3 is 14.6 Å². The zero-order valence-corrected chi connectivity index (χ0v) is 11.9. The Bertz CT molecular complexity index is 595. The van der Waals surface area contributed by atoms with Crippen LogP contribution >= 0.6 is 0 Å². The van der Waals surface area contributed by atoms with Crippen molar-refractivity contribution in [3.8, 4) is 5.75 Å². The molecule has 5 nitrogen and oxygen atoms in total. The van der Waals surface area contributed by atoms with Crippen LogP contribution in [0.1, 0.15) is 12.0 Å². The fourth-order valence-corrected chi connectivity index (χ4v) is 2.53. The monoisotopic (exact) mass is 285 g/mol. The van der Waals surface area contributed by atoms with Gasteiger partial charge in [0.15, 0.2) is 0 Å². The van der Waals surface area contributed by atoms with Crippen molar-refractivity contribution in [2.75, 3.05) is 13.2 Å². The largest absolute Gasteiger partial charge is 0.492 e. The van der Waals surface area contributed by atoms with Crippen LogP contribution in [0.3, 0.4) is 0 Å². The van der Waals surface area contributed by atoms with Crippen LogP contribution in [0.25, 0.3) is 0 Å². The summed E-state index contributed by atoms with van der Waals surface area (Å²) in [7, 11) is 0. The predicted molar refractivity (Wildman–Crippen MR) is 79.0 cm³/mol. The number of rotatable bonds is 5. The Kier molecular flexibility index (Phi) is 4.19. The number of benzene rings is 1. The second-order valence-corrected chi connectivity index (χ2v) is 5.26. The van der Waals surface area contributed by atoms with Crippen molar-refractivity contribution in [3.63, 3.8) is 0 Å². The standard InChI is InChI=1S/C16H19N3O2/c20-16(18-6-3-8-19-9-7-17-12-19)14-10-13-4-1-2-5-15(13)21-11-14/h1-2,4-5,7,9,12,14H,3,6,8,10-11H2,(H,18,20). The summed E-state index contributed by atoms with van der Waals surface area (Å²) in [4.78, 5) is 16.1. The van der Waals surface area contributed by atoms with E-state index in [2.05, 4.69) is 10.3 Å². The summed E-state index contributed by atoms with van der Waals surface area (Å²) < 4.78 is 7.66. The first-order valence-electron chi connectivity index (χ1n) is 7.27. The van der Waals surface area contributed by atoms with Gasteiger partial charge in [-0.2, -0.15) is 0 Å². The van der Waals surface area contributed by atoms with E-state index in [-0.39, 0.29) is 11.8 Å². The van der Waals surface area contributed by atoms with Gasteiger partial charge in [-0.1, -0.05) is 18.2 Å². The molecule has 0 aliphatic carbocycles. The first kappa shape index (κ1) is 13.7. The fourth-order valence-electron chi connectivity index (χ4n) is 2.53. The van der Waals surface area contributed by atoms with Gasteiger partial charge in [-0.15, -0.1) is 0 Å². The highest BCUT2D eigenvalue weighted by molar-refractivity contribution is 5.79. The van der Waals surface area contributed by atoms with E-state index in [1.807, 2.05) is 35.0 Å². The summed E-state index contributed by atoms with van der Waals surface area (Å²) >= 11 is 0. The lowest BCUT2D eigenvalue weighted by Gasteiger charge is -2.24. The average Bonchev–Trinajstić information content (AvgIpc) is 3.04. The molecule has 21 heavy (non-hydrogen) atoms. The Morgan fingerprint density at radius 2 is 2.33 bits per heavy atom. The van der Waals surface area contributed by atoms with E-state index in [4.69, 9.17) is 4.74 Å². The molecule has 1 aromatic carbocycles. The number of nitrogens with one attached hydrogen (secondary N) is 1. The van der Waals surface area contributed by atoms with Gasteiger partial charge >= 0.3 is 0 Å². The fraction of sp³-hybridized carbons (Fsp3) is 0.375. The number of aromatic nitrogens is 2. The number of carbonyl (C=O) groups excluding carboxylic acids is 1. The number of amides is 1. The highest BCUT2D eigenvalue weighted by Gasteiger charge is 2.25. The molecule has 1 aliphatic heterocycles. The lowest BCUT2D eigenvalue weighted by atomic mass is 9.96. The highest BCUT2D eigenvalue weighted by atomic mass is 16.5. The molecule has 1 aliphatic rings. The third-order valence-electron chi connectivity index (χ3n) is 3.70. The number of aryl methyl sites for hydroxylation is 1. The number of imidazole rings is 1. The third kappa shape index (κ3) is 3.42. The molecular formula is C16H19N3O2. The number of nitrogens with zero attached hydrogens (tertiary/aromatic N) is 2. The molecule has 2 heterocycles. The lowest BCUT2D eigenvalue weighted by molar-refractivity contribution is -0.126. The van der Waals surface area contributed by atoms with Crippen molar-refractivity contribution >= 4 is 5.91 Å². The second kappa shape index (κ2) is 6.43. The van der Waals surface area contributed by atoms with E-state index >= 15 is 0 Å². The predicted octanol–water partition coefficient (Wildman–Crippen LogP) is 1.64. The van der Waals surface area contributed by atoms with Crippen LogP contribution in [0.4, 0.5) is 0 Å². The molecule has 1 aromatic heterocycles. The van der Waals surface area contributed by atoms with Crippen molar-refractivity contribution in [1.29, 1.82) is 0 Å². The van der Waals surface area contributed by atoms with E-state index in [0.29, 0.717) is 13.2 Å². The summed E-state index contributed by atoms with van der Waals surface area (Å²) in [6.45, 7) is 2.00. The molecule has 0 bridgehead atoms. The maximum atomic E-state index is 12.2. The van der Waals surface area contributed by atoms with Gasteiger partial charge in [0.2, 0.25) is 5.91 Å². The van der Waals surface area contributed by atoms with Crippen molar-refractivity contribution in [3.05, 3.63) is 48.5 Å². The van der Waals surface area contributed by atoms with Crippen LogP contribution < -0.4 is 10.1 Å². The maximum absolute atomic E-state index is 12.2. The van der Waals surface area contributed by atoms with Gasteiger partial charge in [0, 0.05) is 25.5 Å². The number of hydrogen-bond acceptors (Lipinski definition) is 3. The van der Waals surface area contributed by atoms with Crippen molar-refractivity contribution in [2.45, 2.75) is 19.4 Å². The molecule has 1 amide bonds. The Balaban J connectivity index is 1.44. The van der Waals surface area contributed by atoms with Crippen LogP contribution in [0.2, 0.25) is 0 Å². The zero-order valence-electron chi connectivity index (χ0n) is 11.9. The molecule has 0 radical (unpaired) electrons. The molecule has 0 saturated carbocycles. The number of fused-ring (bicyclic) bond motifs is 1. The zero-order chi connectivity index (χ0) is 14.5. The maximum Gasteiger partial charge on any atom is 0.226 e. The van der Waals surface area contributed by atoms with Crippen LogP contribution in [0.5, 0.6) is 5.75 Å². The molecule has 1 unspecified atom stereocenters. The Hall–Kier alpha value is -2.30. The Morgan fingerprint density at radius 1 is 1.43 bits per heavy atom. The first-order chi connectivity index (χ1) is 10.3. The highest BCUT2D eigenvalue weighted by Crippen LogP contribution is 2.26. The number of para-hydroxylation sites is 1. The molecule has 2 aromatic rings. The number of carbonyl (C=O) groups is 1. The van der Waals surface area contributed by atoms with E-state index in [9.17, 15) is 4.79 Å². The van der Waals surface area contributed by atoms with E-state index < -0.39 is 0 Å². The molecule has 3 rings (SSSR count). The minimum atomic E-state index is -0.0897. The molecule has 1 N–H and O–H groups in total. The van der Waals surface area contributed by atoms with E-state index in [0.717, 1.165) is 30.7 Å². The van der Waals surface area contributed by atoms with Crippen molar-refractivity contribution in [1.82, 2.24) is 14.9 Å². The Morgan fingerprint density at radius 3 is 3.19 bits per heavy atom. The van der Waals surface area contributed by atoms with Gasteiger partial charge in [-0.25, -0.2) is 4.98 Å². The lowest BCUT2D eigenvalue weighted by Crippen LogP contribution is -2.37. The summed E-state index contributed by atoms with van der Waals surface area (Å²) in [6, 6.07) is 7.91. The van der Waals surface area contributed by atoms with Gasteiger partial charge in [-0.05, 0) is 24.5 Å². The minimum absolute atomic E-state index is 0.0788. The van der Waals surface area contributed by atoms with Crippen molar-refractivity contribution in [2.24, 2.45) is 5.92 Å². The average molecular weight is 285 g/mol. The van der Waals surface area contributed by atoms with E-state index in [1.165, 1.54) is 0 Å². The minimum Gasteiger partial charge on any atom is -0.492 e. The topological polar surface area (TPSA) is 56.2 Å². The molecule has 0 fully saturated rings. The van der Waals surface area contributed by atoms with Gasteiger partial charge in [-0.3, -0.25) is 4.79 Å². The molecule has 0 saturated heterocycles. The second-order valence-electron chi connectivity index (χ2n) is 5.26. The van der Waals surface area contributed by atoms with Crippen molar-refractivity contribution < 1.29 is 9.53 Å². The molecule has 1 atom stereocenters. The normalized spacial score (nSPS) is 16.9. The number of ether oxygens (including phenoxy) is 1. The quantitative estimate of drug-likeness (QED) is 0.850. The molecule has 0 spiro atoms. The smallest absolute Gasteiger partial charge is 0.226 e. The third-order valence-corrected chi connectivity index (χ3v) is 3.70. The van der Waals surface area contributed by atoms with Gasteiger partial charge in [0.05, 0.1) is 12.2 Å². The van der Waals surface area contributed by atoms with Crippen LogP contribution in [0, 0.1) is 5.92 Å². The summed E-state index contributed by atoms with van der Waals surface area (Å²) in [6.07, 6.45) is 7.12. The van der Waals surface area contributed by atoms with Gasteiger partial charge in [0.1, 0.15) is 12.4 Å². The SMILES string of the molecule is O=C(NCCCn1ccnc1)C1COc2ccccc2C1. The number of hydrogen-bond donors (Lipinski definition) is 1. The molecular weight excluding hydrogens is 266 g/mol. The summed E-state index contributed by atoms with van der Waals surface area (Å²) in [5, 5.41) is 2.99. The summed E-state index contributed by atoms with van der Waals surface area (Å²) in [5.41, 5.74) is 1.11. The molecule has 110 valence electrons. The Labute approximate surface area is 124 Å². The first-order valence-corrected chi connectivity index (χ1v) is 7.27. The van der Waals surface area contributed by atoms with Crippen LogP contribution in [-0.4, -0.2) is 28.6 Å². The van der Waals surface area contributed by atoms with Gasteiger partial charge in [0.25, 0.3) is 0 Å². The molecule has 5 heteroatoms. The van der Waals surface area contributed by atoms with E-state index in [1.54, 1.807) is 12.5 Å². The van der Waals surface area contributed by atoms with Crippen LogP contribution in [-0.2, 0) is 17.8 Å². The van der Waals surface area contributed by atoms with Crippen LogP contribution in [0.15, 0.2) is 43.0 Å².